The van der Waals surface area contributed by atoms with Crippen molar-refractivity contribution in [1.82, 2.24) is 9.88 Å². The number of aryl methyl sites for hydroxylation is 2. The van der Waals surface area contributed by atoms with Gasteiger partial charge in [-0.15, -0.1) is 0 Å². The van der Waals surface area contributed by atoms with Gasteiger partial charge in [0.2, 0.25) is 5.91 Å². The maximum absolute atomic E-state index is 12.2. The van der Waals surface area contributed by atoms with Crippen LogP contribution in [0.3, 0.4) is 0 Å². The molecule has 0 saturated carbocycles. The lowest BCUT2D eigenvalue weighted by Crippen LogP contribution is -2.40. The normalized spacial score (nSPS) is 15.2. The number of amides is 1. The molecule has 3 rings (SSSR count). The van der Waals surface area contributed by atoms with Crippen molar-refractivity contribution >= 4 is 16.8 Å². The van der Waals surface area contributed by atoms with E-state index in [-0.39, 0.29) is 11.5 Å². The molecule has 1 fully saturated rings. The largest absolute Gasteiger partial charge is 0.378 e. The summed E-state index contributed by atoms with van der Waals surface area (Å²) < 4.78 is 5.24. The van der Waals surface area contributed by atoms with E-state index in [4.69, 9.17) is 4.74 Å². The van der Waals surface area contributed by atoms with Crippen LogP contribution in [0.2, 0.25) is 0 Å². The zero-order valence-corrected chi connectivity index (χ0v) is 12.7. The Bertz CT molecular complexity index is 745. The summed E-state index contributed by atoms with van der Waals surface area (Å²) in [7, 11) is 0. The molecule has 1 aliphatic heterocycles. The summed E-state index contributed by atoms with van der Waals surface area (Å²) in [6, 6.07) is 7.82. The third-order valence-corrected chi connectivity index (χ3v) is 4.14. The van der Waals surface area contributed by atoms with Crippen molar-refractivity contribution in [3.05, 3.63) is 45.7 Å². The quantitative estimate of drug-likeness (QED) is 0.937. The Morgan fingerprint density at radius 3 is 2.86 bits per heavy atom. The van der Waals surface area contributed by atoms with E-state index in [0.717, 1.165) is 16.5 Å². The fraction of sp³-hybridized carbons (Fsp3) is 0.412. The predicted octanol–water partition coefficient (Wildman–Crippen LogP) is 1.63. The van der Waals surface area contributed by atoms with E-state index in [1.807, 2.05) is 36.1 Å². The number of hydrogen-bond donors (Lipinski definition) is 1. The first-order chi connectivity index (χ1) is 10.6. The summed E-state index contributed by atoms with van der Waals surface area (Å²) in [6.07, 6.45) is 0.829. The van der Waals surface area contributed by atoms with E-state index in [2.05, 4.69) is 4.98 Å². The number of rotatable bonds is 3. The molecule has 0 unspecified atom stereocenters. The van der Waals surface area contributed by atoms with Gasteiger partial charge >= 0.3 is 0 Å². The number of benzene rings is 1. The van der Waals surface area contributed by atoms with E-state index in [1.165, 1.54) is 0 Å². The number of morpholine rings is 1. The van der Waals surface area contributed by atoms with Crippen LogP contribution in [0.25, 0.3) is 10.9 Å². The van der Waals surface area contributed by atoms with Crippen molar-refractivity contribution in [3.8, 4) is 0 Å². The maximum Gasteiger partial charge on any atom is 0.251 e. The van der Waals surface area contributed by atoms with Crippen LogP contribution < -0.4 is 5.56 Å². The number of aromatic amines is 1. The van der Waals surface area contributed by atoms with E-state index in [1.54, 1.807) is 0 Å². The molecule has 5 nitrogen and oxygen atoms in total. The molecular weight excluding hydrogens is 280 g/mol. The molecule has 2 heterocycles. The van der Waals surface area contributed by atoms with Crippen molar-refractivity contribution in [1.29, 1.82) is 0 Å². The third kappa shape index (κ3) is 3.04. The third-order valence-electron chi connectivity index (χ3n) is 4.14. The average molecular weight is 300 g/mol. The van der Waals surface area contributed by atoms with Crippen LogP contribution in [-0.2, 0) is 16.0 Å². The van der Waals surface area contributed by atoms with Crippen molar-refractivity contribution in [2.45, 2.75) is 19.8 Å². The molecule has 1 aromatic heterocycles. The topological polar surface area (TPSA) is 62.4 Å². The molecule has 116 valence electrons. The summed E-state index contributed by atoms with van der Waals surface area (Å²) in [5, 5.41) is 1.01. The molecule has 1 N–H and O–H groups in total. The highest BCUT2D eigenvalue weighted by atomic mass is 16.5. The van der Waals surface area contributed by atoms with Gasteiger partial charge in [-0.25, -0.2) is 0 Å². The van der Waals surface area contributed by atoms with Crippen LogP contribution in [0.15, 0.2) is 29.1 Å². The van der Waals surface area contributed by atoms with Gasteiger partial charge in [0, 0.05) is 25.1 Å². The summed E-state index contributed by atoms with van der Waals surface area (Å²) in [5.74, 6) is 0.0899. The SMILES string of the molecule is Cc1cccc2cc(CCC(=O)N3CCOCC3)c(=O)[nH]c12. The number of carbonyl (C=O) groups is 1. The smallest absolute Gasteiger partial charge is 0.251 e. The van der Waals surface area contributed by atoms with E-state index >= 15 is 0 Å². The van der Waals surface area contributed by atoms with Crippen molar-refractivity contribution in [2.24, 2.45) is 0 Å². The van der Waals surface area contributed by atoms with Crippen LogP contribution in [-0.4, -0.2) is 42.1 Å². The van der Waals surface area contributed by atoms with Gasteiger partial charge in [0.05, 0.1) is 18.7 Å². The van der Waals surface area contributed by atoms with Gasteiger partial charge in [0.1, 0.15) is 0 Å². The second-order valence-electron chi connectivity index (χ2n) is 5.66. The molecule has 5 heteroatoms. The number of pyridine rings is 1. The second kappa shape index (κ2) is 6.32. The fourth-order valence-corrected chi connectivity index (χ4v) is 2.83. The zero-order chi connectivity index (χ0) is 15.5. The van der Waals surface area contributed by atoms with Gasteiger partial charge in [-0.3, -0.25) is 9.59 Å². The molecule has 1 aromatic carbocycles. The molecule has 2 aromatic rings. The number of fused-ring (bicyclic) bond motifs is 1. The summed E-state index contributed by atoms with van der Waals surface area (Å²) in [4.78, 5) is 29.1. The molecule has 22 heavy (non-hydrogen) atoms. The zero-order valence-electron chi connectivity index (χ0n) is 12.7. The number of ether oxygens (including phenoxy) is 1. The molecular formula is C17H20N2O3. The Hall–Kier alpha value is -2.14. The Morgan fingerprint density at radius 2 is 2.09 bits per heavy atom. The number of carbonyl (C=O) groups excluding carboxylic acids is 1. The van der Waals surface area contributed by atoms with E-state index in [0.29, 0.717) is 44.7 Å². The van der Waals surface area contributed by atoms with Crippen molar-refractivity contribution < 1.29 is 9.53 Å². The van der Waals surface area contributed by atoms with Gasteiger partial charge in [0.25, 0.3) is 5.56 Å². The standard InChI is InChI=1S/C17H20N2O3/c1-12-3-2-4-13-11-14(17(21)18-16(12)13)5-6-15(20)19-7-9-22-10-8-19/h2-4,11H,5-10H2,1H3,(H,18,21). The number of nitrogens with zero attached hydrogens (tertiary/aromatic N) is 1. The van der Waals surface area contributed by atoms with Crippen molar-refractivity contribution in [3.63, 3.8) is 0 Å². The lowest BCUT2D eigenvalue weighted by Gasteiger charge is -2.26. The minimum Gasteiger partial charge on any atom is -0.378 e. The summed E-state index contributed by atoms with van der Waals surface area (Å²) >= 11 is 0. The minimum absolute atomic E-state index is 0.0899. The first kappa shape index (κ1) is 14.8. The van der Waals surface area contributed by atoms with Crippen LogP contribution in [0.1, 0.15) is 17.5 Å². The minimum atomic E-state index is -0.100. The molecule has 0 aliphatic carbocycles. The Morgan fingerprint density at radius 1 is 1.32 bits per heavy atom. The van der Waals surface area contributed by atoms with Crippen LogP contribution in [0, 0.1) is 6.92 Å². The fourth-order valence-electron chi connectivity index (χ4n) is 2.83. The van der Waals surface area contributed by atoms with Gasteiger partial charge in [-0.1, -0.05) is 18.2 Å². The molecule has 1 aliphatic rings. The van der Waals surface area contributed by atoms with Crippen molar-refractivity contribution in [2.75, 3.05) is 26.3 Å². The van der Waals surface area contributed by atoms with Crippen LogP contribution in [0.4, 0.5) is 0 Å². The highest BCUT2D eigenvalue weighted by molar-refractivity contribution is 5.82. The van der Waals surface area contributed by atoms with Gasteiger partial charge in [-0.05, 0) is 30.4 Å². The highest BCUT2D eigenvalue weighted by Crippen LogP contribution is 2.15. The predicted molar refractivity (Wildman–Crippen MR) is 85.0 cm³/mol. The van der Waals surface area contributed by atoms with Gasteiger partial charge < -0.3 is 14.6 Å². The summed E-state index contributed by atoms with van der Waals surface area (Å²) in [5.41, 5.74) is 2.48. The number of nitrogens with one attached hydrogen (secondary N) is 1. The lowest BCUT2D eigenvalue weighted by atomic mass is 10.1. The Labute approximate surface area is 128 Å². The van der Waals surface area contributed by atoms with E-state index < -0.39 is 0 Å². The molecule has 0 radical (unpaired) electrons. The first-order valence-electron chi connectivity index (χ1n) is 7.62. The molecule has 1 saturated heterocycles. The summed E-state index contributed by atoms with van der Waals surface area (Å²) in [6.45, 7) is 4.46. The number of aromatic nitrogens is 1. The molecule has 1 amide bonds. The molecule has 0 bridgehead atoms. The number of H-pyrrole nitrogens is 1. The van der Waals surface area contributed by atoms with Gasteiger partial charge in [0.15, 0.2) is 0 Å². The Balaban J connectivity index is 1.75. The van der Waals surface area contributed by atoms with Crippen LogP contribution in [0.5, 0.6) is 0 Å². The number of hydrogen-bond acceptors (Lipinski definition) is 3. The monoisotopic (exact) mass is 300 g/mol. The highest BCUT2D eigenvalue weighted by Gasteiger charge is 2.17. The maximum atomic E-state index is 12.2. The number of para-hydroxylation sites is 1. The molecule has 0 atom stereocenters. The first-order valence-corrected chi connectivity index (χ1v) is 7.62. The molecule has 0 spiro atoms. The van der Waals surface area contributed by atoms with Gasteiger partial charge in [-0.2, -0.15) is 0 Å². The second-order valence-corrected chi connectivity index (χ2v) is 5.66. The Kier molecular flexibility index (Phi) is 4.24. The van der Waals surface area contributed by atoms with E-state index in [9.17, 15) is 9.59 Å². The lowest BCUT2D eigenvalue weighted by molar-refractivity contribution is -0.135. The average Bonchev–Trinajstić information content (AvgIpc) is 2.54. The van der Waals surface area contributed by atoms with Crippen LogP contribution >= 0.6 is 0 Å².